The topological polar surface area (TPSA) is 105 Å². The summed E-state index contributed by atoms with van der Waals surface area (Å²) < 4.78 is 32.6. The molecule has 1 aliphatic heterocycles. The molecule has 3 rings (SSSR count). The number of sulfonamides is 1. The maximum absolute atomic E-state index is 13.0. The van der Waals surface area contributed by atoms with Crippen molar-refractivity contribution in [1.82, 2.24) is 4.31 Å². The molecule has 0 unspecified atom stereocenters. The van der Waals surface area contributed by atoms with Crippen LogP contribution in [0.2, 0.25) is 0 Å². The Kier molecular flexibility index (Phi) is 8.10. The molecule has 2 aromatic carbocycles. The van der Waals surface area contributed by atoms with E-state index in [0.717, 1.165) is 19.3 Å². The van der Waals surface area contributed by atoms with E-state index in [2.05, 4.69) is 10.6 Å². The second-order valence-corrected chi connectivity index (χ2v) is 10.5. The third kappa shape index (κ3) is 6.55. The molecule has 0 bridgehead atoms. The number of rotatable bonds is 7. The monoisotopic (exact) mass is 473 g/mol. The number of aryl methyl sites for hydroxylation is 1. The number of hydrogen-bond donors (Lipinski definition) is 2. The first kappa shape index (κ1) is 24.7. The molecule has 0 aliphatic carbocycles. The summed E-state index contributed by atoms with van der Waals surface area (Å²) in [5.41, 5.74) is 1.88. The molecule has 0 radical (unpaired) electrons. The van der Waals surface area contributed by atoms with Crippen LogP contribution in [0.15, 0.2) is 47.4 Å². The van der Waals surface area contributed by atoms with Gasteiger partial charge in [-0.1, -0.05) is 32.4 Å². The van der Waals surface area contributed by atoms with Crippen LogP contribution in [0, 0.1) is 12.8 Å². The van der Waals surface area contributed by atoms with Crippen LogP contribution in [-0.2, 0) is 14.8 Å². The van der Waals surface area contributed by atoms with Crippen LogP contribution >= 0.6 is 0 Å². The first-order chi connectivity index (χ1) is 15.7. The van der Waals surface area contributed by atoms with Crippen molar-refractivity contribution in [3.8, 4) is 0 Å². The minimum absolute atomic E-state index is 0.114. The average Bonchev–Trinajstić information content (AvgIpc) is 2.78. The maximum Gasteiger partial charge on any atom is 0.411 e. The van der Waals surface area contributed by atoms with Gasteiger partial charge in [0, 0.05) is 30.0 Å². The molecule has 1 aliphatic rings. The lowest BCUT2D eigenvalue weighted by atomic mass is 10.1. The van der Waals surface area contributed by atoms with Gasteiger partial charge in [-0.25, -0.2) is 13.2 Å². The first-order valence-corrected chi connectivity index (χ1v) is 12.6. The maximum atomic E-state index is 13.0. The molecule has 178 valence electrons. The Bertz CT molecular complexity index is 1110. The lowest BCUT2D eigenvalue weighted by molar-refractivity contribution is 0.102. The molecule has 1 saturated heterocycles. The smallest absolute Gasteiger partial charge is 0.411 e. The Morgan fingerprint density at radius 2 is 1.67 bits per heavy atom. The van der Waals surface area contributed by atoms with Gasteiger partial charge >= 0.3 is 6.09 Å². The molecule has 0 saturated carbocycles. The fourth-order valence-corrected chi connectivity index (χ4v) is 5.07. The van der Waals surface area contributed by atoms with E-state index in [-0.39, 0.29) is 16.4 Å². The Hall–Kier alpha value is -2.91. The molecular weight excluding hydrogens is 442 g/mol. The lowest BCUT2D eigenvalue weighted by Crippen LogP contribution is -2.35. The number of piperidine rings is 1. The van der Waals surface area contributed by atoms with E-state index in [0.29, 0.717) is 36.6 Å². The fourth-order valence-electron chi connectivity index (χ4n) is 3.53. The summed E-state index contributed by atoms with van der Waals surface area (Å²) in [4.78, 5) is 25.0. The van der Waals surface area contributed by atoms with Crippen LogP contribution in [0.1, 0.15) is 49.0 Å². The van der Waals surface area contributed by atoms with Crippen molar-refractivity contribution in [3.05, 3.63) is 53.6 Å². The fraction of sp³-hybridized carbons (Fsp3) is 0.417. The Morgan fingerprint density at radius 1 is 1.00 bits per heavy atom. The van der Waals surface area contributed by atoms with Gasteiger partial charge in [0.2, 0.25) is 10.0 Å². The summed E-state index contributed by atoms with van der Waals surface area (Å²) in [6.45, 7) is 6.94. The molecule has 2 N–H and O–H groups in total. The quantitative estimate of drug-likeness (QED) is 0.610. The predicted molar refractivity (Wildman–Crippen MR) is 128 cm³/mol. The van der Waals surface area contributed by atoms with Crippen molar-refractivity contribution in [3.63, 3.8) is 0 Å². The largest absolute Gasteiger partial charge is 0.449 e. The van der Waals surface area contributed by atoms with Gasteiger partial charge in [-0.15, -0.1) is 0 Å². The molecule has 9 heteroatoms. The highest BCUT2D eigenvalue weighted by atomic mass is 32.2. The molecule has 1 heterocycles. The van der Waals surface area contributed by atoms with Crippen molar-refractivity contribution in [2.24, 2.45) is 5.92 Å². The van der Waals surface area contributed by atoms with E-state index in [4.69, 9.17) is 4.74 Å². The first-order valence-electron chi connectivity index (χ1n) is 11.1. The normalized spacial score (nSPS) is 14.7. The number of nitrogens with zero attached hydrogens (tertiary/aromatic N) is 1. The second-order valence-electron chi connectivity index (χ2n) is 8.59. The van der Waals surface area contributed by atoms with Crippen molar-refractivity contribution in [1.29, 1.82) is 0 Å². The highest BCUT2D eigenvalue weighted by Gasteiger charge is 2.27. The highest BCUT2D eigenvalue weighted by Crippen LogP contribution is 2.24. The van der Waals surface area contributed by atoms with Crippen molar-refractivity contribution in [2.45, 2.75) is 44.9 Å². The average molecular weight is 474 g/mol. The molecule has 0 atom stereocenters. The number of hydrogen-bond acceptors (Lipinski definition) is 5. The molecule has 2 amide bonds. The lowest BCUT2D eigenvalue weighted by Gasteiger charge is -2.26. The van der Waals surface area contributed by atoms with E-state index in [9.17, 15) is 18.0 Å². The van der Waals surface area contributed by atoms with Crippen molar-refractivity contribution in [2.75, 3.05) is 30.3 Å². The summed E-state index contributed by atoms with van der Waals surface area (Å²) in [6, 6.07) is 11.3. The third-order valence-corrected chi connectivity index (χ3v) is 7.22. The number of nitrogens with one attached hydrogen (secondary N) is 2. The van der Waals surface area contributed by atoms with E-state index in [1.807, 2.05) is 13.8 Å². The van der Waals surface area contributed by atoms with Crippen molar-refractivity contribution < 1.29 is 22.7 Å². The van der Waals surface area contributed by atoms with Gasteiger partial charge in [0.25, 0.3) is 5.91 Å². The minimum atomic E-state index is -3.65. The van der Waals surface area contributed by atoms with E-state index >= 15 is 0 Å². The van der Waals surface area contributed by atoms with Gasteiger partial charge < -0.3 is 10.1 Å². The van der Waals surface area contributed by atoms with Gasteiger partial charge in [-0.3, -0.25) is 10.1 Å². The van der Waals surface area contributed by atoms with Crippen molar-refractivity contribution >= 4 is 33.4 Å². The van der Waals surface area contributed by atoms with Crippen LogP contribution in [0.4, 0.5) is 16.2 Å². The number of ether oxygens (including phenoxy) is 1. The Morgan fingerprint density at radius 3 is 2.33 bits per heavy atom. The minimum Gasteiger partial charge on any atom is -0.449 e. The summed E-state index contributed by atoms with van der Waals surface area (Å²) >= 11 is 0. The van der Waals surface area contributed by atoms with Crippen LogP contribution in [-0.4, -0.2) is 44.4 Å². The summed E-state index contributed by atoms with van der Waals surface area (Å²) in [6.07, 6.45) is 2.14. The number of anilines is 2. The summed E-state index contributed by atoms with van der Waals surface area (Å²) in [5, 5.41) is 5.41. The van der Waals surface area contributed by atoms with Crippen LogP contribution in [0.25, 0.3) is 0 Å². The van der Waals surface area contributed by atoms with Gasteiger partial charge in [0.15, 0.2) is 0 Å². The van der Waals surface area contributed by atoms with Crippen LogP contribution in [0.3, 0.4) is 0 Å². The molecule has 1 fully saturated rings. The number of carbonyl (C=O) groups is 2. The Labute approximate surface area is 195 Å². The molecule has 0 spiro atoms. The second kappa shape index (κ2) is 10.8. The van der Waals surface area contributed by atoms with Crippen LogP contribution < -0.4 is 10.6 Å². The predicted octanol–water partition coefficient (Wildman–Crippen LogP) is 4.63. The molecule has 8 nitrogen and oxygen atoms in total. The number of benzene rings is 2. The third-order valence-electron chi connectivity index (χ3n) is 5.32. The number of amides is 2. The standard InChI is InChI=1S/C24H31N3O5S/c1-17(2)16-32-24(29)26-20-9-7-8-19(14-20)25-23(28)22-15-21(11-10-18(22)3)33(30,31)27-12-5-4-6-13-27/h7-11,14-15,17H,4-6,12-13,16H2,1-3H3,(H,25,28)(H,26,29). The summed E-state index contributed by atoms with van der Waals surface area (Å²) in [7, 11) is -3.65. The number of carbonyl (C=O) groups excluding carboxylic acids is 2. The van der Waals surface area contributed by atoms with Gasteiger partial charge in [0.05, 0.1) is 11.5 Å². The summed E-state index contributed by atoms with van der Waals surface area (Å²) in [5.74, 6) is -0.207. The highest BCUT2D eigenvalue weighted by molar-refractivity contribution is 7.89. The zero-order chi connectivity index (χ0) is 24.0. The molecule has 33 heavy (non-hydrogen) atoms. The van der Waals surface area contributed by atoms with Gasteiger partial charge in [-0.2, -0.15) is 4.31 Å². The zero-order valence-electron chi connectivity index (χ0n) is 19.3. The van der Waals surface area contributed by atoms with E-state index < -0.39 is 22.0 Å². The van der Waals surface area contributed by atoms with Gasteiger partial charge in [-0.05, 0) is 61.6 Å². The van der Waals surface area contributed by atoms with Crippen LogP contribution in [0.5, 0.6) is 0 Å². The zero-order valence-corrected chi connectivity index (χ0v) is 20.1. The van der Waals surface area contributed by atoms with Gasteiger partial charge in [0.1, 0.15) is 0 Å². The molecule has 0 aromatic heterocycles. The van der Waals surface area contributed by atoms with E-state index in [1.54, 1.807) is 43.3 Å². The molecule has 2 aromatic rings. The molecular formula is C24H31N3O5S. The SMILES string of the molecule is Cc1ccc(S(=O)(=O)N2CCCCC2)cc1C(=O)Nc1cccc(NC(=O)OCC(C)C)c1. The van der Waals surface area contributed by atoms with E-state index in [1.165, 1.54) is 10.4 Å². The Balaban J connectivity index is 1.74.